The van der Waals surface area contributed by atoms with Crippen LogP contribution in [-0.2, 0) is 5.41 Å². The van der Waals surface area contributed by atoms with Crippen LogP contribution in [0.5, 0.6) is 0 Å². The quantitative estimate of drug-likeness (QED) is 0.400. The maximum absolute atomic E-state index is 4.54. The number of halogens is 1. The van der Waals surface area contributed by atoms with Crippen LogP contribution in [0.15, 0.2) is 22.5 Å². The van der Waals surface area contributed by atoms with Crippen molar-refractivity contribution in [3.63, 3.8) is 0 Å². The van der Waals surface area contributed by atoms with Crippen molar-refractivity contribution >= 4 is 41.3 Å². The monoisotopic (exact) mass is 476 g/mol. The highest BCUT2D eigenvalue weighted by atomic mass is 127. The molecule has 3 rings (SSSR count). The van der Waals surface area contributed by atoms with Gasteiger partial charge in [0, 0.05) is 43.5 Å². The summed E-state index contributed by atoms with van der Waals surface area (Å²) in [6.45, 7) is 11.7. The number of hydrogen-bond acceptors (Lipinski definition) is 3. The van der Waals surface area contributed by atoms with Gasteiger partial charge in [-0.3, -0.25) is 4.99 Å². The summed E-state index contributed by atoms with van der Waals surface area (Å²) in [4.78, 5) is 11.1. The Balaban J connectivity index is 0.00000225. The molecule has 0 spiro atoms. The number of nitrogens with one attached hydrogen (secondary N) is 1. The van der Waals surface area contributed by atoms with E-state index in [-0.39, 0.29) is 29.4 Å². The van der Waals surface area contributed by atoms with Gasteiger partial charge >= 0.3 is 0 Å². The third-order valence-electron chi connectivity index (χ3n) is 5.39. The summed E-state index contributed by atoms with van der Waals surface area (Å²) in [6.07, 6.45) is 4.07. The summed E-state index contributed by atoms with van der Waals surface area (Å²) in [6, 6.07) is 4.37. The summed E-state index contributed by atoms with van der Waals surface area (Å²) in [5.41, 5.74) is 0.138. The minimum absolute atomic E-state index is 0. The molecule has 1 N–H and O–H groups in total. The lowest BCUT2D eigenvalue weighted by molar-refractivity contribution is 0.281. The molecule has 0 saturated carbocycles. The SMILES string of the molecule is CN=C(NCC(C)(C)c1cccs1)N1CCC(CN2CCCC2)C1.I. The number of aliphatic imine (C=N–C) groups is 1. The molecule has 0 amide bonds. The Morgan fingerprint density at radius 1 is 1.32 bits per heavy atom. The van der Waals surface area contributed by atoms with Crippen LogP contribution in [0.1, 0.15) is 38.0 Å². The fourth-order valence-corrected chi connectivity index (χ4v) is 4.74. The molecular formula is C19H33IN4S. The van der Waals surface area contributed by atoms with Crippen LogP contribution in [-0.4, -0.2) is 62.1 Å². The molecule has 25 heavy (non-hydrogen) atoms. The van der Waals surface area contributed by atoms with E-state index in [0.717, 1.165) is 31.5 Å². The summed E-state index contributed by atoms with van der Waals surface area (Å²) in [5, 5.41) is 5.79. The molecule has 2 aliphatic rings. The van der Waals surface area contributed by atoms with Crippen molar-refractivity contribution in [2.75, 3.05) is 46.3 Å². The minimum Gasteiger partial charge on any atom is -0.355 e. The second-order valence-corrected chi connectivity index (χ2v) is 8.82. The Bertz CT molecular complexity index is 538. The zero-order chi connectivity index (χ0) is 17.0. The number of hydrogen-bond donors (Lipinski definition) is 1. The Hall–Kier alpha value is -0.340. The van der Waals surface area contributed by atoms with Gasteiger partial charge < -0.3 is 15.1 Å². The van der Waals surface area contributed by atoms with Crippen LogP contribution in [0.2, 0.25) is 0 Å². The van der Waals surface area contributed by atoms with Crippen molar-refractivity contribution in [2.45, 2.75) is 38.5 Å². The predicted molar refractivity (Wildman–Crippen MR) is 119 cm³/mol. The molecule has 1 atom stereocenters. The highest BCUT2D eigenvalue weighted by molar-refractivity contribution is 14.0. The van der Waals surface area contributed by atoms with Crippen molar-refractivity contribution in [2.24, 2.45) is 10.9 Å². The van der Waals surface area contributed by atoms with Crippen molar-refractivity contribution in [3.05, 3.63) is 22.4 Å². The molecule has 2 aliphatic heterocycles. The third-order valence-corrected chi connectivity index (χ3v) is 6.62. The normalized spacial score (nSPS) is 22.3. The molecule has 1 aromatic rings. The van der Waals surface area contributed by atoms with Crippen molar-refractivity contribution in [1.82, 2.24) is 15.1 Å². The lowest BCUT2D eigenvalue weighted by Crippen LogP contribution is -2.45. The van der Waals surface area contributed by atoms with Gasteiger partial charge in [-0.2, -0.15) is 0 Å². The van der Waals surface area contributed by atoms with Crippen molar-refractivity contribution in [3.8, 4) is 0 Å². The van der Waals surface area contributed by atoms with E-state index in [0.29, 0.717) is 0 Å². The highest BCUT2D eigenvalue weighted by Gasteiger charge is 2.28. The fourth-order valence-electron chi connectivity index (χ4n) is 3.89. The molecule has 1 aromatic heterocycles. The zero-order valence-corrected chi connectivity index (χ0v) is 19.0. The second kappa shape index (κ2) is 9.55. The first kappa shape index (κ1) is 21.0. The second-order valence-electron chi connectivity index (χ2n) is 7.87. The summed E-state index contributed by atoms with van der Waals surface area (Å²) in [5.74, 6) is 1.87. The molecule has 2 saturated heterocycles. The first-order valence-electron chi connectivity index (χ1n) is 9.30. The summed E-state index contributed by atoms with van der Waals surface area (Å²) in [7, 11) is 1.91. The maximum Gasteiger partial charge on any atom is 0.193 e. The van der Waals surface area contributed by atoms with E-state index >= 15 is 0 Å². The van der Waals surface area contributed by atoms with Crippen molar-refractivity contribution < 1.29 is 0 Å². The predicted octanol–water partition coefficient (Wildman–Crippen LogP) is 3.64. The van der Waals surface area contributed by atoms with Gasteiger partial charge in [-0.25, -0.2) is 0 Å². The molecule has 3 heterocycles. The van der Waals surface area contributed by atoms with E-state index in [4.69, 9.17) is 0 Å². The van der Waals surface area contributed by atoms with E-state index in [1.807, 2.05) is 18.4 Å². The minimum atomic E-state index is 0. The molecule has 0 aliphatic carbocycles. The van der Waals surface area contributed by atoms with Crippen molar-refractivity contribution in [1.29, 1.82) is 0 Å². The smallest absolute Gasteiger partial charge is 0.193 e. The average molecular weight is 476 g/mol. The number of thiophene rings is 1. The van der Waals surface area contributed by atoms with Crippen LogP contribution < -0.4 is 5.32 Å². The number of guanidine groups is 1. The third kappa shape index (κ3) is 5.57. The topological polar surface area (TPSA) is 30.9 Å². The van der Waals surface area contributed by atoms with Crippen LogP contribution >= 0.6 is 35.3 Å². The largest absolute Gasteiger partial charge is 0.355 e. The molecule has 1 unspecified atom stereocenters. The molecule has 6 heteroatoms. The molecule has 142 valence electrons. The lowest BCUT2D eigenvalue weighted by atomic mass is 9.91. The number of nitrogens with zero attached hydrogens (tertiary/aromatic N) is 3. The van der Waals surface area contributed by atoms with Crippen LogP contribution in [0.4, 0.5) is 0 Å². The highest BCUT2D eigenvalue weighted by Crippen LogP contribution is 2.27. The van der Waals surface area contributed by atoms with E-state index in [1.54, 1.807) is 0 Å². The van der Waals surface area contributed by atoms with Gasteiger partial charge in [0.2, 0.25) is 0 Å². The van der Waals surface area contributed by atoms with E-state index in [2.05, 4.69) is 51.5 Å². The van der Waals surface area contributed by atoms with Gasteiger partial charge in [-0.15, -0.1) is 35.3 Å². The summed E-state index contributed by atoms with van der Waals surface area (Å²) >= 11 is 1.84. The first-order valence-corrected chi connectivity index (χ1v) is 10.2. The lowest BCUT2D eigenvalue weighted by Gasteiger charge is -2.28. The van der Waals surface area contributed by atoms with Gasteiger partial charge in [0.25, 0.3) is 0 Å². The molecule has 2 fully saturated rings. The molecule has 0 aromatic carbocycles. The first-order chi connectivity index (χ1) is 11.6. The zero-order valence-electron chi connectivity index (χ0n) is 15.8. The molecule has 4 nitrogen and oxygen atoms in total. The summed E-state index contributed by atoms with van der Waals surface area (Å²) < 4.78 is 0. The van der Waals surface area contributed by atoms with Gasteiger partial charge in [-0.1, -0.05) is 19.9 Å². The van der Waals surface area contributed by atoms with Crippen LogP contribution in [0.3, 0.4) is 0 Å². The molecular weight excluding hydrogens is 443 g/mol. The van der Waals surface area contributed by atoms with Crippen LogP contribution in [0, 0.1) is 5.92 Å². The Labute approximate surface area is 174 Å². The Morgan fingerprint density at radius 2 is 2.08 bits per heavy atom. The van der Waals surface area contributed by atoms with E-state index in [9.17, 15) is 0 Å². The number of likely N-dealkylation sites (tertiary alicyclic amines) is 2. The van der Waals surface area contributed by atoms with Gasteiger partial charge in [0.05, 0.1) is 0 Å². The average Bonchev–Trinajstić information content (AvgIpc) is 3.31. The van der Waals surface area contributed by atoms with Gasteiger partial charge in [0.15, 0.2) is 5.96 Å². The van der Waals surface area contributed by atoms with Gasteiger partial charge in [-0.05, 0) is 49.7 Å². The standard InChI is InChI=1S/C19H32N4S.HI/c1-19(2,17-7-6-12-24-17)15-21-18(20-3)23-11-8-16(14-23)13-22-9-4-5-10-22;/h6-7,12,16H,4-5,8-11,13-15H2,1-3H3,(H,20,21);1H. The Morgan fingerprint density at radius 3 is 2.72 bits per heavy atom. The molecule has 0 radical (unpaired) electrons. The maximum atomic E-state index is 4.54. The van der Waals surface area contributed by atoms with Gasteiger partial charge in [0.1, 0.15) is 0 Å². The van der Waals surface area contributed by atoms with E-state index < -0.39 is 0 Å². The molecule has 0 bridgehead atoms. The van der Waals surface area contributed by atoms with E-state index in [1.165, 1.54) is 43.8 Å². The van der Waals surface area contributed by atoms with Crippen LogP contribution in [0.25, 0.3) is 0 Å². The fraction of sp³-hybridized carbons (Fsp3) is 0.737. The number of rotatable bonds is 5. The Kier molecular flexibility index (Phi) is 8.01.